The quantitative estimate of drug-likeness (QED) is 0.151. The topological polar surface area (TPSA) is 88.4 Å². The Kier molecular flexibility index (Phi) is 10.1. The standard InChI is InChI=1S/C32H39N3O5/c1-8-26-18-22(3)19-27(9-2)30(26)35(5,23(4)36)33-31(32(37)38)34(20-24-10-14-28(39-6)15-11-24)21-25-12-16-29(40-7)17-13-25/h10-19H,8-9,20-21H2,1-7H3/p+1. The number of aryl methyl sites for hydroxylation is 3. The van der Waals surface area contributed by atoms with Crippen LogP contribution in [0.3, 0.4) is 0 Å². The number of carboxylic acid groups (broad SMARTS) is 1. The SMILES string of the molecule is CCc1cc(C)cc(CC)c1[N+](C)(N=C(C(=O)O)N(Cc1ccc(OC)cc1)Cc1ccc(OC)cc1)C(C)=O. The molecule has 0 aliphatic carbocycles. The lowest BCUT2D eigenvalue weighted by Gasteiger charge is -2.31. The van der Waals surface area contributed by atoms with Crippen molar-refractivity contribution in [1.29, 1.82) is 0 Å². The first-order chi connectivity index (χ1) is 19.1. The van der Waals surface area contributed by atoms with Crippen LogP contribution in [0.2, 0.25) is 0 Å². The van der Waals surface area contributed by atoms with Crippen LogP contribution in [-0.2, 0) is 35.5 Å². The van der Waals surface area contributed by atoms with Gasteiger partial charge in [-0.05, 0) is 60.3 Å². The van der Waals surface area contributed by atoms with E-state index >= 15 is 0 Å². The van der Waals surface area contributed by atoms with Crippen molar-refractivity contribution in [3.05, 3.63) is 88.5 Å². The fourth-order valence-corrected chi connectivity index (χ4v) is 4.85. The Morgan fingerprint density at radius 3 is 1.60 bits per heavy atom. The molecule has 3 aromatic rings. The van der Waals surface area contributed by atoms with Crippen LogP contribution in [0.5, 0.6) is 11.5 Å². The van der Waals surface area contributed by atoms with Crippen molar-refractivity contribution in [2.24, 2.45) is 5.10 Å². The number of nitrogens with zero attached hydrogens (tertiary/aromatic N) is 3. The minimum Gasteiger partial charge on any atom is -0.497 e. The summed E-state index contributed by atoms with van der Waals surface area (Å²) in [6.07, 6.45) is 1.37. The number of hydrogen-bond acceptors (Lipinski definition) is 5. The van der Waals surface area contributed by atoms with Crippen molar-refractivity contribution in [3.63, 3.8) is 0 Å². The van der Waals surface area contributed by atoms with Crippen LogP contribution in [0, 0.1) is 6.92 Å². The van der Waals surface area contributed by atoms with E-state index in [-0.39, 0.29) is 24.8 Å². The molecule has 3 rings (SSSR count). The van der Waals surface area contributed by atoms with Gasteiger partial charge in [0.2, 0.25) is 0 Å². The van der Waals surface area contributed by atoms with Crippen LogP contribution in [0.15, 0.2) is 65.8 Å². The number of aliphatic carboxylic acids is 1. The highest BCUT2D eigenvalue weighted by atomic mass is 16.5. The third kappa shape index (κ3) is 6.87. The maximum Gasteiger partial charge on any atom is 0.377 e. The van der Waals surface area contributed by atoms with E-state index in [1.807, 2.05) is 69.3 Å². The average Bonchev–Trinajstić information content (AvgIpc) is 2.95. The molecule has 1 N–H and O–H groups in total. The van der Waals surface area contributed by atoms with Crippen molar-refractivity contribution in [2.75, 3.05) is 21.3 Å². The fourth-order valence-electron chi connectivity index (χ4n) is 4.85. The number of hydrogen-bond donors (Lipinski definition) is 1. The molecule has 212 valence electrons. The van der Waals surface area contributed by atoms with E-state index in [0.717, 1.165) is 33.5 Å². The van der Waals surface area contributed by atoms with Gasteiger partial charge in [0, 0.05) is 24.2 Å². The highest BCUT2D eigenvalue weighted by Gasteiger charge is 2.39. The summed E-state index contributed by atoms with van der Waals surface area (Å²) in [7, 11) is 4.87. The Morgan fingerprint density at radius 2 is 1.27 bits per heavy atom. The zero-order valence-electron chi connectivity index (χ0n) is 24.5. The van der Waals surface area contributed by atoms with Gasteiger partial charge in [-0.15, -0.1) is 4.59 Å². The van der Waals surface area contributed by atoms with Gasteiger partial charge in [0.15, 0.2) is 5.69 Å². The normalized spacial score (nSPS) is 12.9. The summed E-state index contributed by atoms with van der Waals surface area (Å²) < 4.78 is 10.1. The van der Waals surface area contributed by atoms with Crippen molar-refractivity contribution in [1.82, 2.24) is 9.49 Å². The van der Waals surface area contributed by atoms with Crippen LogP contribution >= 0.6 is 0 Å². The lowest BCUT2D eigenvalue weighted by Crippen LogP contribution is -2.49. The zero-order valence-corrected chi connectivity index (χ0v) is 24.5. The number of ether oxygens (including phenoxy) is 2. The molecule has 1 unspecified atom stereocenters. The number of carbonyl (C=O) groups is 2. The number of methoxy groups -OCH3 is 2. The largest absolute Gasteiger partial charge is 0.497 e. The lowest BCUT2D eigenvalue weighted by molar-refractivity contribution is -0.130. The summed E-state index contributed by atoms with van der Waals surface area (Å²) >= 11 is 0. The van der Waals surface area contributed by atoms with Gasteiger partial charge in [-0.1, -0.05) is 55.8 Å². The van der Waals surface area contributed by atoms with Crippen molar-refractivity contribution < 1.29 is 24.2 Å². The van der Waals surface area contributed by atoms with Crippen molar-refractivity contribution in [3.8, 4) is 11.5 Å². The smallest absolute Gasteiger partial charge is 0.377 e. The van der Waals surface area contributed by atoms with Crippen LogP contribution < -0.4 is 14.1 Å². The summed E-state index contributed by atoms with van der Waals surface area (Å²) in [6, 6.07) is 19.0. The van der Waals surface area contributed by atoms with E-state index in [0.29, 0.717) is 24.3 Å². The van der Waals surface area contributed by atoms with Gasteiger partial charge in [-0.25, -0.2) is 9.59 Å². The van der Waals surface area contributed by atoms with E-state index in [1.165, 1.54) is 6.92 Å². The second kappa shape index (κ2) is 13.3. The Labute approximate surface area is 237 Å². The fraction of sp³-hybridized carbons (Fsp3) is 0.344. The van der Waals surface area contributed by atoms with E-state index < -0.39 is 10.6 Å². The number of rotatable bonds is 10. The Bertz CT molecular complexity index is 1290. The first kappa shape index (κ1) is 30.4. The summed E-state index contributed by atoms with van der Waals surface area (Å²) in [5, 5.41) is 15.3. The maximum atomic E-state index is 13.4. The molecule has 0 bridgehead atoms. The van der Waals surface area contributed by atoms with Crippen LogP contribution in [0.1, 0.15) is 48.6 Å². The first-order valence-electron chi connectivity index (χ1n) is 13.4. The molecule has 1 atom stereocenters. The van der Waals surface area contributed by atoms with Gasteiger partial charge in [-0.2, -0.15) is 0 Å². The molecular formula is C32H40N3O5+. The Morgan fingerprint density at radius 1 is 0.850 bits per heavy atom. The highest BCUT2D eigenvalue weighted by molar-refractivity contribution is 6.34. The molecule has 0 spiro atoms. The molecule has 40 heavy (non-hydrogen) atoms. The molecule has 8 heteroatoms. The summed E-state index contributed by atoms with van der Waals surface area (Å²) in [4.78, 5) is 27.9. The first-order valence-corrected chi connectivity index (χ1v) is 13.4. The van der Waals surface area contributed by atoms with Crippen LogP contribution in [-0.4, -0.2) is 49.0 Å². The molecule has 1 amide bonds. The number of quaternary nitrogens is 1. The molecule has 3 aromatic carbocycles. The lowest BCUT2D eigenvalue weighted by atomic mass is 9.98. The Hall–Kier alpha value is -4.17. The third-order valence-electron chi connectivity index (χ3n) is 7.07. The molecule has 0 saturated carbocycles. The predicted octanol–water partition coefficient (Wildman–Crippen LogP) is 5.72. The minimum absolute atomic E-state index is 0.200. The maximum absolute atomic E-state index is 13.4. The molecule has 0 heterocycles. The number of carboxylic acids is 1. The molecule has 0 aromatic heterocycles. The molecule has 0 saturated heterocycles. The number of amides is 1. The number of carbonyl (C=O) groups excluding carboxylic acids is 1. The van der Waals surface area contributed by atoms with E-state index in [4.69, 9.17) is 14.6 Å². The van der Waals surface area contributed by atoms with Gasteiger partial charge >= 0.3 is 11.9 Å². The van der Waals surface area contributed by atoms with E-state index in [2.05, 4.69) is 12.1 Å². The van der Waals surface area contributed by atoms with Crippen LogP contribution in [0.4, 0.5) is 5.69 Å². The van der Waals surface area contributed by atoms with Gasteiger partial charge in [-0.3, -0.25) is 0 Å². The number of amidine groups is 1. The minimum atomic E-state index is -1.21. The van der Waals surface area contributed by atoms with E-state index in [1.54, 1.807) is 26.2 Å². The summed E-state index contributed by atoms with van der Waals surface area (Å²) in [5.74, 6) is -0.278. The second-order valence-corrected chi connectivity index (χ2v) is 9.90. The molecule has 0 fully saturated rings. The summed E-state index contributed by atoms with van der Waals surface area (Å²) in [5.41, 5.74) is 5.52. The molecule has 8 nitrogen and oxygen atoms in total. The zero-order chi connectivity index (χ0) is 29.4. The molecule has 0 aliphatic heterocycles. The molecule has 0 radical (unpaired) electrons. The van der Waals surface area contributed by atoms with E-state index in [9.17, 15) is 14.7 Å². The average molecular weight is 547 g/mol. The molecule has 0 aliphatic rings. The second-order valence-electron chi connectivity index (χ2n) is 9.90. The monoisotopic (exact) mass is 546 g/mol. The van der Waals surface area contributed by atoms with Crippen molar-refractivity contribution >= 4 is 23.4 Å². The number of benzene rings is 3. The third-order valence-corrected chi connectivity index (χ3v) is 7.07. The molecular weight excluding hydrogens is 506 g/mol. The Balaban J connectivity index is 2.21. The predicted molar refractivity (Wildman–Crippen MR) is 159 cm³/mol. The van der Waals surface area contributed by atoms with Gasteiger partial charge in [0.05, 0.1) is 21.1 Å². The summed E-state index contributed by atoms with van der Waals surface area (Å²) in [6.45, 7) is 8.06. The van der Waals surface area contributed by atoms with Crippen molar-refractivity contribution in [2.45, 2.75) is 53.6 Å². The van der Waals surface area contributed by atoms with Crippen LogP contribution in [0.25, 0.3) is 0 Å². The van der Waals surface area contributed by atoms with Gasteiger partial charge in [0.25, 0.3) is 5.84 Å². The highest BCUT2D eigenvalue weighted by Crippen LogP contribution is 2.34. The van der Waals surface area contributed by atoms with Gasteiger partial charge < -0.3 is 19.5 Å². The van der Waals surface area contributed by atoms with Gasteiger partial charge in [0.1, 0.15) is 18.5 Å².